The predicted octanol–water partition coefficient (Wildman–Crippen LogP) is 6.03. The van der Waals surface area contributed by atoms with Crippen molar-refractivity contribution in [2.45, 2.75) is 93.3 Å². The lowest BCUT2D eigenvalue weighted by atomic mass is 10.1. The molecule has 7 aromatic rings. The summed E-state index contributed by atoms with van der Waals surface area (Å²) in [6.45, 7) is 12.0. The summed E-state index contributed by atoms with van der Waals surface area (Å²) >= 11 is 9.59. The van der Waals surface area contributed by atoms with Gasteiger partial charge < -0.3 is 23.7 Å². The maximum Gasteiger partial charge on any atom is 0.332 e. The number of imidazole rings is 2. The number of carbonyl (C=O) groups is 2. The maximum atomic E-state index is 13.1. The molecule has 0 fully saturated rings. The number of aldehydes is 1. The lowest BCUT2D eigenvalue weighted by Crippen LogP contribution is -2.45. The van der Waals surface area contributed by atoms with Crippen LogP contribution < -0.4 is 27.8 Å². The number of fused-ring (bicyclic) bond motifs is 2. The van der Waals surface area contributed by atoms with Crippen molar-refractivity contribution in [2.24, 2.45) is 28.2 Å². The third-order valence-electron chi connectivity index (χ3n) is 10.7. The lowest BCUT2D eigenvalue weighted by molar-refractivity contribution is -0.125. The first-order valence-corrected chi connectivity index (χ1v) is 23.7. The zero-order chi connectivity index (χ0) is 47.7. The number of oxazole rings is 1. The van der Waals surface area contributed by atoms with Gasteiger partial charge in [0, 0.05) is 37.1 Å². The first-order chi connectivity index (χ1) is 30.6. The number of aromatic nitrogens is 9. The van der Waals surface area contributed by atoms with Crippen LogP contribution in [0.5, 0.6) is 0 Å². The first-order valence-electron chi connectivity index (χ1n) is 20.5. The lowest BCUT2D eigenvalue weighted by Gasteiger charge is -2.24. The Kier molecular flexibility index (Phi) is 14.9. The van der Waals surface area contributed by atoms with Crippen molar-refractivity contribution < 1.29 is 14.0 Å². The summed E-state index contributed by atoms with van der Waals surface area (Å²) in [5, 5.41) is 3.77. The van der Waals surface area contributed by atoms with Crippen LogP contribution >= 0.6 is 55.4 Å². The minimum absolute atomic E-state index is 0.246. The van der Waals surface area contributed by atoms with Crippen LogP contribution in [-0.4, -0.2) is 65.3 Å². The molecule has 0 saturated heterocycles. The van der Waals surface area contributed by atoms with Crippen LogP contribution in [0, 0.1) is 0 Å². The molecule has 21 heteroatoms. The number of carbonyl (C=O) groups excluding carboxylic acids is 2. The van der Waals surface area contributed by atoms with E-state index in [0.29, 0.717) is 53.2 Å². The molecule has 5 heterocycles. The van der Waals surface area contributed by atoms with Gasteiger partial charge in [-0.15, -0.1) is 0 Å². The van der Waals surface area contributed by atoms with Gasteiger partial charge in [-0.3, -0.25) is 32.7 Å². The Bertz CT molecular complexity index is 3190. The van der Waals surface area contributed by atoms with Gasteiger partial charge in [-0.05, 0) is 75.9 Å². The van der Waals surface area contributed by atoms with Gasteiger partial charge in [0.15, 0.2) is 32.6 Å². The number of thioether (sulfide) groups is 2. The van der Waals surface area contributed by atoms with Crippen molar-refractivity contribution in [1.29, 1.82) is 0 Å². The van der Waals surface area contributed by atoms with Gasteiger partial charge in [-0.1, -0.05) is 93.5 Å². The highest BCUT2D eigenvalue weighted by Crippen LogP contribution is 2.41. The van der Waals surface area contributed by atoms with Crippen LogP contribution in [0.4, 0.5) is 0 Å². The van der Waals surface area contributed by atoms with E-state index in [4.69, 9.17) is 9.40 Å². The molecule has 5 aromatic heterocycles. The van der Waals surface area contributed by atoms with Crippen molar-refractivity contribution in [3.63, 3.8) is 0 Å². The van der Waals surface area contributed by atoms with Crippen molar-refractivity contribution in [3.05, 3.63) is 128 Å². The molecule has 0 spiro atoms. The van der Waals surface area contributed by atoms with Crippen LogP contribution in [0.2, 0.25) is 0 Å². The molecule has 1 unspecified atom stereocenters. The fourth-order valence-corrected chi connectivity index (χ4v) is 9.74. The van der Waals surface area contributed by atoms with Gasteiger partial charge in [0.1, 0.15) is 12.5 Å². The third kappa shape index (κ3) is 10.3. The average Bonchev–Trinajstić information content (AvgIpc) is 3.99. The number of nitrogens with zero attached hydrogens (tertiary/aromatic N) is 9. The molecule has 7 rings (SSSR count). The Balaban J connectivity index is 0.000000215. The molecular formula is C44H50Br2N10O7S2. The number of hydrogen-bond donors (Lipinski definition) is 1. The highest BCUT2D eigenvalue weighted by Gasteiger charge is 2.34. The largest absolute Gasteiger partial charge is 0.447 e. The Morgan fingerprint density at radius 3 is 1.65 bits per heavy atom. The number of nitrogens with one attached hydrogen (secondary N) is 1. The molecule has 1 amide bonds. The van der Waals surface area contributed by atoms with Crippen LogP contribution in [-0.2, 0) is 62.0 Å². The second-order valence-corrected chi connectivity index (χ2v) is 21.3. The Labute approximate surface area is 398 Å². The van der Waals surface area contributed by atoms with Gasteiger partial charge in [0.05, 0.1) is 34.3 Å². The molecule has 17 nitrogen and oxygen atoms in total. The zero-order valence-electron chi connectivity index (χ0n) is 37.6. The van der Waals surface area contributed by atoms with Crippen molar-refractivity contribution in [2.75, 3.05) is 0 Å². The van der Waals surface area contributed by atoms with Gasteiger partial charge in [0.2, 0.25) is 11.8 Å². The standard InChI is InChI=1S/C22H26BrN5O4S.C22H24BrN5O3S/c1-6-15(12-29)24-19(31)22(2,3)33-20-25-17-16(18(30)27(5)21(32)26(17)4)28(20)11-13-8-7-9-14(23)10-13;1-6-15-12-31-19(24-15)22(2,3)32-20-25-17-16(18(29)27(5)21(30)26(17)4)28(20)11-13-8-7-9-14(23)10-13/h7-10,12,15H,6,11H2,1-5H3,(H,24,31);7-10,12H,6,11H2,1-5H3. The van der Waals surface area contributed by atoms with Crippen LogP contribution in [0.15, 0.2) is 97.6 Å². The summed E-state index contributed by atoms with van der Waals surface area (Å²) in [6.07, 6.45) is 3.64. The van der Waals surface area contributed by atoms with Crippen molar-refractivity contribution >= 4 is 89.9 Å². The van der Waals surface area contributed by atoms with Gasteiger partial charge in [-0.2, -0.15) is 0 Å². The van der Waals surface area contributed by atoms with E-state index in [1.165, 1.54) is 46.8 Å². The van der Waals surface area contributed by atoms with E-state index in [9.17, 15) is 28.8 Å². The molecule has 0 aliphatic heterocycles. The normalized spacial score (nSPS) is 12.4. The summed E-state index contributed by atoms with van der Waals surface area (Å²) < 4.78 is 14.5. The number of amides is 1. The predicted molar refractivity (Wildman–Crippen MR) is 260 cm³/mol. The second-order valence-electron chi connectivity index (χ2n) is 16.3. The summed E-state index contributed by atoms with van der Waals surface area (Å²) in [5.41, 5.74) is 2.32. The summed E-state index contributed by atoms with van der Waals surface area (Å²) in [6, 6.07) is 15.0. The fraction of sp³-hybridized carbons (Fsp3) is 0.386. The minimum atomic E-state index is -1.00. The molecule has 1 atom stereocenters. The van der Waals surface area contributed by atoms with E-state index in [0.717, 1.165) is 41.3 Å². The zero-order valence-corrected chi connectivity index (χ0v) is 42.4. The summed E-state index contributed by atoms with van der Waals surface area (Å²) in [7, 11) is 6.09. The number of benzene rings is 2. The third-order valence-corrected chi connectivity index (χ3v) is 14.0. The first kappa shape index (κ1) is 49.2. The van der Waals surface area contributed by atoms with Crippen LogP contribution in [0.25, 0.3) is 22.3 Å². The molecule has 0 bridgehead atoms. The number of hydrogen-bond acceptors (Lipinski definition) is 12. The molecule has 344 valence electrons. The number of rotatable bonds is 14. The van der Waals surface area contributed by atoms with Crippen LogP contribution in [0.3, 0.4) is 0 Å². The monoisotopic (exact) mass is 1050 g/mol. The quantitative estimate of drug-likeness (QED) is 0.0983. The minimum Gasteiger partial charge on any atom is -0.447 e. The average molecular weight is 1050 g/mol. The van der Waals surface area contributed by atoms with E-state index in [1.807, 2.05) is 80.8 Å². The van der Waals surface area contributed by atoms with Gasteiger partial charge in [0.25, 0.3) is 11.1 Å². The van der Waals surface area contributed by atoms with Crippen molar-refractivity contribution in [3.8, 4) is 0 Å². The van der Waals surface area contributed by atoms with E-state index in [-0.39, 0.29) is 22.6 Å². The smallest absolute Gasteiger partial charge is 0.332 e. The number of aryl methyl sites for hydroxylation is 3. The highest BCUT2D eigenvalue weighted by atomic mass is 79.9. The molecule has 65 heavy (non-hydrogen) atoms. The molecule has 0 saturated carbocycles. The maximum absolute atomic E-state index is 13.1. The summed E-state index contributed by atoms with van der Waals surface area (Å²) in [4.78, 5) is 89.2. The Morgan fingerprint density at radius 2 is 1.23 bits per heavy atom. The Hall–Kier alpha value is -5.25. The van der Waals surface area contributed by atoms with Crippen molar-refractivity contribution in [1.82, 2.24) is 47.7 Å². The van der Waals surface area contributed by atoms with E-state index in [2.05, 4.69) is 47.1 Å². The van der Waals surface area contributed by atoms with Gasteiger partial charge >= 0.3 is 11.4 Å². The molecule has 0 radical (unpaired) electrons. The van der Waals surface area contributed by atoms with E-state index < -0.39 is 32.5 Å². The SMILES string of the molecule is CCC(C=O)NC(=O)C(C)(C)Sc1nc2c(c(=O)n(C)c(=O)n2C)n1Cc1cccc(Br)c1.CCc1coc(C(C)(C)Sc2nc3c(c(=O)n(C)c(=O)n3C)n2Cc2cccc(Br)c2)n1. The molecule has 2 aromatic carbocycles. The Morgan fingerprint density at radius 1 is 0.754 bits per heavy atom. The summed E-state index contributed by atoms with van der Waals surface area (Å²) in [5.74, 6) is 0.261. The van der Waals surface area contributed by atoms with E-state index in [1.54, 1.807) is 38.8 Å². The van der Waals surface area contributed by atoms with Gasteiger partial charge in [-0.25, -0.2) is 24.5 Å². The van der Waals surface area contributed by atoms with E-state index >= 15 is 0 Å². The second kappa shape index (κ2) is 19.7. The number of halogens is 2. The molecule has 0 aliphatic carbocycles. The highest BCUT2D eigenvalue weighted by molar-refractivity contribution is 9.10. The molecule has 0 aliphatic rings. The fourth-order valence-electron chi connectivity index (χ4n) is 6.80. The van der Waals surface area contributed by atoms with Crippen LogP contribution in [0.1, 0.15) is 70.7 Å². The molecular weight excluding hydrogens is 1000 g/mol. The topological polar surface area (TPSA) is 196 Å². The molecule has 1 N–H and O–H groups in total.